The Kier molecular flexibility index (Phi) is 5.37. The molecule has 1 saturated heterocycles. The zero-order valence-corrected chi connectivity index (χ0v) is 18.4. The van der Waals surface area contributed by atoms with Crippen molar-refractivity contribution >= 4 is 22.7 Å². The summed E-state index contributed by atoms with van der Waals surface area (Å²) in [6.07, 6.45) is 2.61. The number of aliphatic hydroxyl groups is 4. The highest BCUT2D eigenvalue weighted by molar-refractivity contribution is 5.97. The van der Waals surface area contributed by atoms with Gasteiger partial charge in [-0.05, 0) is 48.2 Å². The molecule has 0 bridgehead atoms. The van der Waals surface area contributed by atoms with Gasteiger partial charge in [0.1, 0.15) is 5.60 Å². The minimum atomic E-state index is -2.94. The number of nitrogens with zero attached hydrogens (tertiary/aromatic N) is 3. The highest BCUT2D eigenvalue weighted by Gasteiger charge is 2.50. The van der Waals surface area contributed by atoms with Crippen molar-refractivity contribution in [3.63, 3.8) is 0 Å². The van der Waals surface area contributed by atoms with Crippen molar-refractivity contribution in [3.05, 3.63) is 65.9 Å². The normalized spacial score (nSPS) is 17.6. The van der Waals surface area contributed by atoms with Crippen molar-refractivity contribution in [3.8, 4) is 11.1 Å². The van der Waals surface area contributed by atoms with Gasteiger partial charge >= 0.3 is 5.97 Å². The first kappa shape index (κ1) is 22.4. The predicted octanol–water partition coefficient (Wildman–Crippen LogP) is 0.798. The van der Waals surface area contributed by atoms with Gasteiger partial charge in [0, 0.05) is 48.9 Å². The Hall–Kier alpha value is -3.37. The monoisotopic (exact) mass is 463 g/mol. The van der Waals surface area contributed by atoms with Gasteiger partial charge in [0.05, 0.1) is 5.52 Å². The van der Waals surface area contributed by atoms with E-state index < -0.39 is 11.6 Å². The van der Waals surface area contributed by atoms with Crippen LogP contribution in [0.5, 0.6) is 0 Å². The molecule has 9 nitrogen and oxygen atoms in total. The van der Waals surface area contributed by atoms with Crippen LogP contribution >= 0.6 is 0 Å². The van der Waals surface area contributed by atoms with E-state index in [9.17, 15) is 30.0 Å². The topological polar surface area (TPSA) is 134 Å². The molecule has 0 unspecified atom stereocenters. The van der Waals surface area contributed by atoms with Crippen LogP contribution in [0, 0.1) is 0 Å². The number of fused-ring (bicyclic) bond motifs is 1. The number of aromatic nitrogens is 1. The molecule has 4 N–H and O–H groups in total. The Balaban J connectivity index is 1.31. The van der Waals surface area contributed by atoms with Crippen LogP contribution in [0.25, 0.3) is 22.0 Å². The Bertz CT molecular complexity index is 1260. The van der Waals surface area contributed by atoms with Gasteiger partial charge in [-0.2, -0.15) is 0 Å². The zero-order valence-electron chi connectivity index (χ0n) is 18.4. The van der Waals surface area contributed by atoms with Gasteiger partial charge < -0.3 is 30.2 Å². The highest BCUT2D eigenvalue weighted by atomic mass is 16.7. The number of carbonyl (C=O) groups is 2. The van der Waals surface area contributed by atoms with Crippen molar-refractivity contribution in [1.82, 2.24) is 14.8 Å². The van der Waals surface area contributed by atoms with Gasteiger partial charge in [-0.25, -0.2) is 0 Å². The second-order valence-electron chi connectivity index (χ2n) is 8.92. The maximum Gasteiger partial charge on any atom is 0.304 e. The highest BCUT2D eigenvalue weighted by Crippen LogP contribution is 2.37. The lowest BCUT2D eigenvalue weighted by Gasteiger charge is -2.35. The molecule has 176 valence electrons. The second-order valence-corrected chi connectivity index (χ2v) is 8.92. The third-order valence-electron chi connectivity index (χ3n) is 6.55. The molecule has 2 fully saturated rings. The van der Waals surface area contributed by atoms with Crippen molar-refractivity contribution in [2.24, 2.45) is 0 Å². The lowest BCUT2D eigenvalue weighted by molar-refractivity contribution is -0.323. The number of pyridine rings is 1. The van der Waals surface area contributed by atoms with E-state index in [-0.39, 0.29) is 17.4 Å². The molecule has 2 aromatic carbocycles. The van der Waals surface area contributed by atoms with Crippen LogP contribution in [0.1, 0.15) is 28.8 Å². The number of rotatable bonds is 4. The zero-order chi connectivity index (χ0) is 24.1. The van der Waals surface area contributed by atoms with Gasteiger partial charge in [-0.15, -0.1) is 0 Å². The Labute approximate surface area is 195 Å². The summed E-state index contributed by atoms with van der Waals surface area (Å²) in [5, 5.41) is 39.1. The summed E-state index contributed by atoms with van der Waals surface area (Å²) in [5.41, 5.74) is 1.46. The van der Waals surface area contributed by atoms with Crippen LogP contribution in [0.15, 0.2) is 54.7 Å². The molecule has 0 atom stereocenters. The Morgan fingerprint density at radius 3 is 2.15 bits per heavy atom. The third kappa shape index (κ3) is 4.14. The SMILES string of the molecule is O=C(c1ccc(-c2ccnc3cc(C(O)(O)O)ccc23)cc1)N1CCN(C(=O)C2(O)CC2)CC1. The summed E-state index contributed by atoms with van der Waals surface area (Å²) >= 11 is 0. The summed E-state index contributed by atoms with van der Waals surface area (Å²) in [4.78, 5) is 32.9. The maximum absolute atomic E-state index is 13.0. The molecule has 0 radical (unpaired) electrons. The molecule has 2 aliphatic rings. The molecule has 1 aliphatic heterocycles. The van der Waals surface area contributed by atoms with Crippen molar-refractivity contribution in [2.45, 2.75) is 24.4 Å². The maximum atomic E-state index is 13.0. The minimum Gasteiger partial charge on any atom is -0.380 e. The number of benzene rings is 2. The lowest BCUT2D eigenvalue weighted by Crippen LogP contribution is -2.53. The number of piperazine rings is 1. The molecule has 3 aromatic rings. The molecule has 0 spiro atoms. The third-order valence-corrected chi connectivity index (χ3v) is 6.55. The molecule has 2 heterocycles. The van der Waals surface area contributed by atoms with Crippen molar-refractivity contribution in [2.75, 3.05) is 26.2 Å². The number of amides is 2. The van der Waals surface area contributed by atoms with E-state index >= 15 is 0 Å². The smallest absolute Gasteiger partial charge is 0.304 e. The predicted molar refractivity (Wildman–Crippen MR) is 122 cm³/mol. The Morgan fingerprint density at radius 1 is 0.882 bits per heavy atom. The Morgan fingerprint density at radius 2 is 1.53 bits per heavy atom. The number of hydrogen-bond acceptors (Lipinski definition) is 7. The van der Waals surface area contributed by atoms with Gasteiger partial charge in [0.15, 0.2) is 0 Å². The van der Waals surface area contributed by atoms with E-state index in [2.05, 4.69) is 4.98 Å². The fourth-order valence-electron chi connectivity index (χ4n) is 4.32. The van der Waals surface area contributed by atoms with Crippen LogP contribution in [-0.4, -0.2) is 78.8 Å². The first-order valence-electron chi connectivity index (χ1n) is 11.1. The molecule has 1 aliphatic carbocycles. The van der Waals surface area contributed by atoms with Crippen LogP contribution in [0.4, 0.5) is 0 Å². The molecular formula is C25H25N3O6. The summed E-state index contributed by atoms with van der Waals surface area (Å²) in [6, 6.07) is 13.5. The van der Waals surface area contributed by atoms with Crippen LogP contribution in [0.3, 0.4) is 0 Å². The second kappa shape index (κ2) is 8.14. The average Bonchev–Trinajstić information content (AvgIpc) is 3.60. The molecule has 1 aromatic heterocycles. The summed E-state index contributed by atoms with van der Waals surface area (Å²) in [7, 11) is 0. The standard InChI is InChI=1S/C25H25N3O6/c29-22(27-11-13-28(14-12-27)23(30)24(31)8-9-24)17-3-1-16(2-4-17)19-7-10-26-21-15-18(25(32,33)34)5-6-20(19)21/h1-7,10,15,31-34H,8-9,11-14H2. The van der Waals surface area contributed by atoms with E-state index in [4.69, 9.17) is 0 Å². The molecule has 9 heteroatoms. The molecule has 2 amide bonds. The minimum absolute atomic E-state index is 0.0846. The summed E-state index contributed by atoms with van der Waals surface area (Å²) in [6.45, 7) is 1.66. The van der Waals surface area contributed by atoms with Crippen molar-refractivity contribution < 1.29 is 30.0 Å². The number of carbonyl (C=O) groups excluding carboxylic acids is 2. The molecular weight excluding hydrogens is 438 g/mol. The fourth-order valence-corrected chi connectivity index (χ4v) is 4.32. The van der Waals surface area contributed by atoms with Crippen molar-refractivity contribution in [1.29, 1.82) is 0 Å². The van der Waals surface area contributed by atoms with Gasteiger partial charge in [0.25, 0.3) is 11.8 Å². The molecule has 1 saturated carbocycles. The van der Waals surface area contributed by atoms with E-state index in [1.54, 1.807) is 34.2 Å². The van der Waals surface area contributed by atoms with Crippen LogP contribution < -0.4 is 0 Å². The van der Waals surface area contributed by atoms with Gasteiger partial charge in [-0.3, -0.25) is 14.6 Å². The van der Waals surface area contributed by atoms with Gasteiger partial charge in [0.2, 0.25) is 0 Å². The largest absolute Gasteiger partial charge is 0.380 e. The summed E-state index contributed by atoms with van der Waals surface area (Å²) in [5.74, 6) is -3.29. The van der Waals surface area contributed by atoms with E-state index in [1.165, 1.54) is 12.1 Å². The van der Waals surface area contributed by atoms with Crippen LogP contribution in [0.2, 0.25) is 0 Å². The van der Waals surface area contributed by atoms with Gasteiger partial charge in [-0.1, -0.05) is 24.3 Å². The molecule has 5 rings (SSSR count). The lowest BCUT2D eigenvalue weighted by atomic mass is 9.98. The fraction of sp³-hybridized carbons (Fsp3) is 0.320. The molecule has 34 heavy (non-hydrogen) atoms. The van der Waals surface area contributed by atoms with E-state index in [1.807, 2.05) is 18.2 Å². The van der Waals surface area contributed by atoms with E-state index in [0.29, 0.717) is 50.1 Å². The van der Waals surface area contributed by atoms with E-state index in [0.717, 1.165) is 16.5 Å². The first-order valence-corrected chi connectivity index (χ1v) is 11.1. The average molecular weight is 463 g/mol. The quantitative estimate of drug-likeness (QED) is 0.421. The first-order chi connectivity index (χ1) is 16.2. The van der Waals surface area contributed by atoms with Crippen LogP contribution in [-0.2, 0) is 10.8 Å². The summed E-state index contributed by atoms with van der Waals surface area (Å²) < 4.78 is 0. The number of hydrogen-bond donors (Lipinski definition) is 4.